The fourth-order valence-electron chi connectivity index (χ4n) is 3.65. The van der Waals surface area contributed by atoms with Crippen molar-refractivity contribution in [3.63, 3.8) is 0 Å². The van der Waals surface area contributed by atoms with Crippen LogP contribution in [0.5, 0.6) is 0 Å². The van der Waals surface area contributed by atoms with E-state index in [1.165, 1.54) is 0 Å². The summed E-state index contributed by atoms with van der Waals surface area (Å²) in [5.74, 6) is 1.86. The zero-order valence-electron chi connectivity index (χ0n) is 17.9. The molecular weight excluding hydrogens is 469 g/mol. The first-order valence-corrected chi connectivity index (χ1v) is 10.3. The molecule has 1 saturated heterocycles. The quantitative estimate of drug-likeness (QED) is 0.304. The standard InChI is InChI=1S/C20H37N5O2.HI/c1-5-20(6-2,8-13-26)16-22-19(21-7-3)25-11-9-24(10-12-25)15-18-14-17(4)27-23-18;/h14,26H,5-13,15-16H2,1-4H3,(H,21,22);1H. The Balaban J connectivity index is 0.00000392. The molecule has 2 rings (SSSR count). The number of guanidine groups is 1. The predicted molar refractivity (Wildman–Crippen MR) is 124 cm³/mol. The molecule has 1 aromatic rings. The van der Waals surface area contributed by atoms with Gasteiger partial charge < -0.3 is 19.8 Å². The van der Waals surface area contributed by atoms with Crippen LogP contribution in [0.4, 0.5) is 0 Å². The van der Waals surface area contributed by atoms with Gasteiger partial charge in [-0.15, -0.1) is 24.0 Å². The smallest absolute Gasteiger partial charge is 0.194 e. The fourth-order valence-corrected chi connectivity index (χ4v) is 3.65. The summed E-state index contributed by atoms with van der Waals surface area (Å²) in [6, 6.07) is 2.01. The van der Waals surface area contributed by atoms with Crippen molar-refractivity contribution in [3.8, 4) is 0 Å². The number of piperazine rings is 1. The zero-order valence-corrected chi connectivity index (χ0v) is 20.2. The topological polar surface area (TPSA) is 77.1 Å². The van der Waals surface area contributed by atoms with E-state index in [0.717, 1.165) is 82.5 Å². The Morgan fingerprint density at radius 2 is 1.93 bits per heavy atom. The third-order valence-electron chi connectivity index (χ3n) is 5.78. The van der Waals surface area contributed by atoms with Gasteiger partial charge in [-0.05, 0) is 38.5 Å². The molecular formula is C20H38IN5O2. The van der Waals surface area contributed by atoms with Gasteiger partial charge >= 0.3 is 0 Å². The molecule has 0 saturated carbocycles. The molecule has 0 atom stereocenters. The first kappa shape index (κ1) is 25.2. The van der Waals surface area contributed by atoms with E-state index in [2.05, 4.69) is 41.0 Å². The number of aryl methyl sites for hydroxylation is 1. The van der Waals surface area contributed by atoms with E-state index in [0.29, 0.717) is 0 Å². The van der Waals surface area contributed by atoms with Crippen molar-refractivity contribution in [1.82, 2.24) is 20.3 Å². The average Bonchev–Trinajstić information content (AvgIpc) is 3.09. The minimum atomic E-state index is 0. The Morgan fingerprint density at radius 3 is 2.43 bits per heavy atom. The maximum Gasteiger partial charge on any atom is 0.194 e. The SMILES string of the molecule is CCNC(=NCC(CC)(CC)CCO)N1CCN(Cc2cc(C)on2)CC1.I. The molecule has 0 aliphatic carbocycles. The third kappa shape index (κ3) is 7.18. The lowest BCUT2D eigenvalue weighted by Crippen LogP contribution is -2.52. The number of aliphatic imine (C=N–C) groups is 1. The maximum absolute atomic E-state index is 9.44. The van der Waals surface area contributed by atoms with Crippen LogP contribution in [-0.4, -0.2) is 71.9 Å². The molecule has 1 aliphatic rings. The number of nitrogens with one attached hydrogen (secondary N) is 1. The van der Waals surface area contributed by atoms with E-state index in [1.807, 2.05) is 13.0 Å². The lowest BCUT2D eigenvalue weighted by molar-refractivity contribution is 0.164. The van der Waals surface area contributed by atoms with Crippen molar-refractivity contribution >= 4 is 29.9 Å². The number of aliphatic hydroxyl groups excluding tert-OH is 1. The number of hydrogen-bond acceptors (Lipinski definition) is 5. The summed E-state index contributed by atoms with van der Waals surface area (Å²) in [4.78, 5) is 9.72. The molecule has 162 valence electrons. The van der Waals surface area contributed by atoms with Crippen LogP contribution in [0.2, 0.25) is 0 Å². The molecule has 28 heavy (non-hydrogen) atoms. The van der Waals surface area contributed by atoms with Crippen LogP contribution in [0.25, 0.3) is 0 Å². The molecule has 0 bridgehead atoms. The van der Waals surface area contributed by atoms with Gasteiger partial charge in [-0.3, -0.25) is 9.89 Å². The summed E-state index contributed by atoms with van der Waals surface area (Å²) < 4.78 is 5.17. The lowest BCUT2D eigenvalue weighted by atomic mass is 9.79. The normalized spacial score (nSPS) is 16.2. The van der Waals surface area contributed by atoms with Crippen LogP contribution >= 0.6 is 24.0 Å². The molecule has 1 aromatic heterocycles. The van der Waals surface area contributed by atoms with Gasteiger partial charge in [0, 0.05) is 58.5 Å². The van der Waals surface area contributed by atoms with Crippen molar-refractivity contribution in [2.75, 3.05) is 45.9 Å². The van der Waals surface area contributed by atoms with Gasteiger partial charge in [-0.1, -0.05) is 19.0 Å². The summed E-state index contributed by atoms with van der Waals surface area (Å²) in [6.07, 6.45) is 2.89. The van der Waals surface area contributed by atoms with Crippen molar-refractivity contribution in [1.29, 1.82) is 0 Å². The third-order valence-corrected chi connectivity index (χ3v) is 5.78. The lowest BCUT2D eigenvalue weighted by Gasteiger charge is -2.37. The van der Waals surface area contributed by atoms with Crippen molar-refractivity contribution < 1.29 is 9.63 Å². The Kier molecular flexibility index (Phi) is 11.4. The molecule has 0 radical (unpaired) electrons. The highest BCUT2D eigenvalue weighted by molar-refractivity contribution is 14.0. The summed E-state index contributed by atoms with van der Waals surface area (Å²) in [7, 11) is 0. The first-order chi connectivity index (χ1) is 13.1. The second-order valence-corrected chi connectivity index (χ2v) is 7.54. The molecule has 8 heteroatoms. The first-order valence-electron chi connectivity index (χ1n) is 10.3. The number of rotatable bonds is 9. The van der Waals surface area contributed by atoms with Gasteiger partial charge in [-0.2, -0.15) is 0 Å². The van der Waals surface area contributed by atoms with Gasteiger partial charge in [0.15, 0.2) is 5.96 Å². The van der Waals surface area contributed by atoms with Crippen molar-refractivity contribution in [2.45, 2.75) is 53.5 Å². The Hall–Kier alpha value is -0.870. The van der Waals surface area contributed by atoms with Crippen LogP contribution in [0.15, 0.2) is 15.6 Å². The van der Waals surface area contributed by atoms with Gasteiger partial charge in [-0.25, -0.2) is 0 Å². The molecule has 7 nitrogen and oxygen atoms in total. The van der Waals surface area contributed by atoms with Crippen LogP contribution in [-0.2, 0) is 6.54 Å². The fraction of sp³-hybridized carbons (Fsp3) is 0.800. The number of halogens is 1. The predicted octanol–water partition coefficient (Wildman–Crippen LogP) is 2.87. The summed E-state index contributed by atoms with van der Waals surface area (Å²) in [5, 5.41) is 17.0. The molecule has 2 N–H and O–H groups in total. The molecule has 1 aliphatic heterocycles. The molecule has 1 fully saturated rings. The molecule has 0 aromatic carbocycles. The van der Waals surface area contributed by atoms with E-state index in [9.17, 15) is 5.11 Å². The molecule has 0 unspecified atom stereocenters. The molecule has 2 heterocycles. The Morgan fingerprint density at radius 1 is 1.25 bits per heavy atom. The van der Waals surface area contributed by atoms with Crippen LogP contribution in [0.3, 0.4) is 0 Å². The Bertz CT molecular complexity index is 581. The maximum atomic E-state index is 9.44. The molecule has 0 spiro atoms. The second-order valence-electron chi connectivity index (χ2n) is 7.54. The summed E-state index contributed by atoms with van der Waals surface area (Å²) >= 11 is 0. The van der Waals surface area contributed by atoms with Crippen LogP contribution in [0, 0.1) is 12.3 Å². The van der Waals surface area contributed by atoms with E-state index in [1.54, 1.807) is 0 Å². The molecule has 0 amide bonds. The van der Waals surface area contributed by atoms with E-state index < -0.39 is 0 Å². The minimum Gasteiger partial charge on any atom is -0.396 e. The van der Waals surface area contributed by atoms with Gasteiger partial charge in [0.05, 0.1) is 5.69 Å². The van der Waals surface area contributed by atoms with E-state index in [-0.39, 0.29) is 36.0 Å². The monoisotopic (exact) mass is 507 g/mol. The van der Waals surface area contributed by atoms with Gasteiger partial charge in [0.2, 0.25) is 0 Å². The zero-order chi connectivity index (χ0) is 19.7. The highest BCUT2D eigenvalue weighted by Crippen LogP contribution is 2.30. The van der Waals surface area contributed by atoms with Crippen molar-refractivity contribution in [3.05, 3.63) is 17.5 Å². The van der Waals surface area contributed by atoms with E-state index in [4.69, 9.17) is 9.52 Å². The van der Waals surface area contributed by atoms with Crippen molar-refractivity contribution in [2.24, 2.45) is 10.4 Å². The highest BCUT2D eigenvalue weighted by Gasteiger charge is 2.26. The Labute approximate surface area is 186 Å². The second kappa shape index (κ2) is 12.6. The minimum absolute atomic E-state index is 0. The van der Waals surface area contributed by atoms with Gasteiger partial charge in [0.1, 0.15) is 5.76 Å². The largest absolute Gasteiger partial charge is 0.396 e. The summed E-state index contributed by atoms with van der Waals surface area (Å²) in [6.45, 7) is 15.0. The number of nitrogens with zero attached hydrogens (tertiary/aromatic N) is 4. The number of hydrogen-bond donors (Lipinski definition) is 2. The average molecular weight is 507 g/mol. The highest BCUT2D eigenvalue weighted by atomic mass is 127. The number of aromatic nitrogens is 1. The van der Waals surface area contributed by atoms with Gasteiger partial charge in [0.25, 0.3) is 0 Å². The van der Waals surface area contributed by atoms with E-state index >= 15 is 0 Å². The summed E-state index contributed by atoms with van der Waals surface area (Å²) in [5.41, 5.74) is 1.10. The number of aliphatic hydroxyl groups is 1. The van der Waals surface area contributed by atoms with Crippen LogP contribution < -0.4 is 5.32 Å². The van der Waals surface area contributed by atoms with Crippen LogP contribution in [0.1, 0.15) is 51.5 Å².